The molecule has 0 aliphatic carbocycles. The minimum absolute atomic E-state index is 0.0681. The van der Waals surface area contributed by atoms with E-state index in [1.54, 1.807) is 18.2 Å². The summed E-state index contributed by atoms with van der Waals surface area (Å²) in [7, 11) is 2.00. The quantitative estimate of drug-likeness (QED) is 0.706. The number of benzene rings is 1. The summed E-state index contributed by atoms with van der Waals surface area (Å²) in [6.07, 6.45) is 1.90. The minimum Gasteiger partial charge on any atom is -0.508 e. The van der Waals surface area contributed by atoms with Crippen LogP contribution in [-0.4, -0.2) is 52.4 Å². The van der Waals surface area contributed by atoms with E-state index >= 15 is 0 Å². The second kappa shape index (κ2) is 7.27. The van der Waals surface area contributed by atoms with Crippen LogP contribution in [0.4, 0.5) is 0 Å². The average molecular weight is 358 g/mol. The number of carbonyl (C=O) groups is 2. The monoisotopic (exact) mass is 358 g/mol. The van der Waals surface area contributed by atoms with Gasteiger partial charge in [0, 0.05) is 26.1 Å². The van der Waals surface area contributed by atoms with Gasteiger partial charge >= 0.3 is 0 Å². The van der Waals surface area contributed by atoms with Crippen LogP contribution in [0.15, 0.2) is 36.7 Å². The molecule has 3 N–H and O–H groups in total. The Kier molecular flexibility index (Phi) is 5.06. The third-order valence-corrected chi connectivity index (χ3v) is 5.40. The molecule has 26 heavy (non-hydrogen) atoms. The van der Waals surface area contributed by atoms with Crippen LogP contribution in [-0.2, 0) is 9.59 Å². The Morgan fingerprint density at radius 1 is 1.35 bits per heavy atom. The number of phenolic OH excluding ortho intramolecular Hbond substituents is 1. The van der Waals surface area contributed by atoms with Gasteiger partial charge in [0.25, 0.3) is 5.91 Å². The van der Waals surface area contributed by atoms with Crippen LogP contribution in [0.5, 0.6) is 5.75 Å². The number of fused-ring (bicyclic) bond motifs is 2. The number of nitrogens with one attached hydrogen (secondary N) is 2. The fourth-order valence-electron chi connectivity index (χ4n) is 3.73. The molecule has 1 aromatic carbocycles. The van der Waals surface area contributed by atoms with E-state index in [9.17, 15) is 14.7 Å². The van der Waals surface area contributed by atoms with Gasteiger partial charge in [-0.25, -0.2) is 0 Å². The molecule has 2 aliphatic rings. The molecule has 2 saturated heterocycles. The van der Waals surface area contributed by atoms with Crippen LogP contribution in [0.1, 0.15) is 37.7 Å². The van der Waals surface area contributed by atoms with Crippen molar-refractivity contribution >= 4 is 11.8 Å². The third kappa shape index (κ3) is 3.61. The Hall–Kier alpha value is -2.70. The van der Waals surface area contributed by atoms with Gasteiger partial charge in [0.2, 0.25) is 5.91 Å². The van der Waals surface area contributed by atoms with Gasteiger partial charge in [-0.05, 0) is 36.5 Å². The number of hydrazine groups is 1. The number of nitrogens with zero attached hydrogens (tertiary/aromatic N) is 2. The van der Waals surface area contributed by atoms with E-state index in [2.05, 4.69) is 22.3 Å². The van der Waals surface area contributed by atoms with E-state index < -0.39 is 0 Å². The van der Waals surface area contributed by atoms with Gasteiger partial charge in [-0.2, -0.15) is 0 Å². The molecule has 2 fully saturated rings. The average Bonchev–Trinajstić information content (AvgIpc) is 2.84. The van der Waals surface area contributed by atoms with Crippen LogP contribution < -0.4 is 10.9 Å². The van der Waals surface area contributed by atoms with Crippen molar-refractivity contribution in [1.82, 2.24) is 20.7 Å². The van der Waals surface area contributed by atoms with E-state index in [0.717, 1.165) is 30.8 Å². The summed E-state index contributed by atoms with van der Waals surface area (Å²) in [6.45, 7) is 6.76. The summed E-state index contributed by atoms with van der Waals surface area (Å²) in [5, 5.41) is 9.54. The Bertz CT molecular complexity index is 720. The highest BCUT2D eigenvalue weighted by Crippen LogP contribution is 2.32. The highest BCUT2D eigenvalue weighted by Gasteiger charge is 2.41. The van der Waals surface area contributed by atoms with Gasteiger partial charge < -0.3 is 14.9 Å². The van der Waals surface area contributed by atoms with Crippen LogP contribution >= 0.6 is 0 Å². The predicted molar refractivity (Wildman–Crippen MR) is 97.8 cm³/mol. The summed E-state index contributed by atoms with van der Waals surface area (Å²) < 4.78 is 0. The predicted octanol–water partition coefficient (Wildman–Crippen LogP) is 1.28. The van der Waals surface area contributed by atoms with E-state index in [4.69, 9.17) is 0 Å². The highest BCUT2D eigenvalue weighted by atomic mass is 16.3. The molecule has 2 amide bonds. The largest absolute Gasteiger partial charge is 0.508 e. The van der Waals surface area contributed by atoms with Crippen LogP contribution in [0.25, 0.3) is 0 Å². The van der Waals surface area contributed by atoms with Crippen molar-refractivity contribution < 1.29 is 14.7 Å². The van der Waals surface area contributed by atoms with Crippen LogP contribution in [0.3, 0.4) is 0 Å². The molecule has 3 atom stereocenters. The highest BCUT2D eigenvalue weighted by molar-refractivity contribution is 5.85. The molecule has 0 saturated carbocycles. The fourth-order valence-corrected chi connectivity index (χ4v) is 3.73. The van der Waals surface area contributed by atoms with Gasteiger partial charge in [0.1, 0.15) is 11.8 Å². The molecule has 0 radical (unpaired) electrons. The number of amides is 2. The molecular formula is C19H26N4O3. The zero-order valence-corrected chi connectivity index (χ0v) is 15.2. The van der Waals surface area contributed by atoms with Gasteiger partial charge in [0.15, 0.2) is 0 Å². The van der Waals surface area contributed by atoms with E-state index in [1.165, 1.54) is 0 Å². The number of likely N-dealkylation sites (N-methyl/N-ethyl adjacent to an activating group) is 1. The van der Waals surface area contributed by atoms with Crippen molar-refractivity contribution in [3.8, 4) is 5.75 Å². The number of aromatic hydroxyl groups is 1. The number of carbonyl (C=O) groups excluding carboxylic acids is 2. The molecule has 3 rings (SSSR count). The molecule has 7 heteroatoms. The lowest BCUT2D eigenvalue weighted by Crippen LogP contribution is -2.53. The third-order valence-electron chi connectivity index (χ3n) is 5.40. The van der Waals surface area contributed by atoms with Gasteiger partial charge in [-0.3, -0.25) is 20.4 Å². The maximum atomic E-state index is 12.5. The Morgan fingerprint density at radius 3 is 2.85 bits per heavy atom. The van der Waals surface area contributed by atoms with E-state index in [0.29, 0.717) is 6.04 Å². The summed E-state index contributed by atoms with van der Waals surface area (Å²) in [4.78, 5) is 28.7. The van der Waals surface area contributed by atoms with Gasteiger partial charge in [0.05, 0.1) is 5.82 Å². The molecule has 0 spiro atoms. The van der Waals surface area contributed by atoms with Crippen molar-refractivity contribution in [3.63, 3.8) is 0 Å². The second-order valence-electron chi connectivity index (χ2n) is 7.16. The SMILES string of the molecule is C=C1N(C)C2CC[C@@H](C(=O)NNC(=O)CC(C)c3cccc(O)c3)N1C2. The lowest BCUT2D eigenvalue weighted by molar-refractivity contribution is -0.132. The molecule has 140 valence electrons. The lowest BCUT2D eigenvalue weighted by Gasteiger charge is -2.31. The molecule has 2 heterocycles. The number of phenols is 1. The van der Waals surface area contributed by atoms with Crippen molar-refractivity contribution in [1.29, 1.82) is 0 Å². The first kappa shape index (κ1) is 18.1. The summed E-state index contributed by atoms with van der Waals surface area (Å²) in [5.74, 6) is 0.492. The minimum atomic E-state index is -0.299. The number of hydrogen-bond donors (Lipinski definition) is 3. The fraction of sp³-hybridized carbons (Fsp3) is 0.474. The first-order valence-electron chi connectivity index (χ1n) is 8.93. The summed E-state index contributed by atoms with van der Waals surface area (Å²) in [5.41, 5.74) is 5.93. The maximum Gasteiger partial charge on any atom is 0.261 e. The zero-order chi connectivity index (χ0) is 18.8. The van der Waals surface area contributed by atoms with E-state index in [1.807, 2.05) is 24.9 Å². The molecular weight excluding hydrogens is 332 g/mol. The molecule has 2 aliphatic heterocycles. The number of rotatable bonds is 4. The Balaban J connectivity index is 1.50. The summed E-state index contributed by atoms with van der Waals surface area (Å²) >= 11 is 0. The molecule has 2 bridgehead atoms. The van der Waals surface area contributed by atoms with Crippen molar-refractivity contribution in [2.45, 2.75) is 44.2 Å². The zero-order valence-electron chi connectivity index (χ0n) is 15.2. The van der Waals surface area contributed by atoms with Gasteiger partial charge in [-0.1, -0.05) is 25.6 Å². The van der Waals surface area contributed by atoms with Crippen molar-refractivity contribution in [2.75, 3.05) is 13.6 Å². The summed E-state index contributed by atoms with van der Waals surface area (Å²) in [6, 6.07) is 6.97. The number of hydrogen-bond acceptors (Lipinski definition) is 5. The molecule has 0 aromatic heterocycles. The maximum absolute atomic E-state index is 12.5. The Labute approximate surface area is 153 Å². The second-order valence-corrected chi connectivity index (χ2v) is 7.16. The Morgan fingerprint density at radius 2 is 2.12 bits per heavy atom. The molecule has 1 aromatic rings. The van der Waals surface area contributed by atoms with Crippen molar-refractivity contribution in [3.05, 3.63) is 42.2 Å². The first-order valence-corrected chi connectivity index (χ1v) is 8.93. The normalized spacial score (nSPS) is 22.9. The van der Waals surface area contributed by atoms with E-state index in [-0.39, 0.29) is 35.9 Å². The van der Waals surface area contributed by atoms with Crippen LogP contribution in [0.2, 0.25) is 0 Å². The van der Waals surface area contributed by atoms with Gasteiger partial charge in [-0.15, -0.1) is 0 Å². The molecule has 7 nitrogen and oxygen atoms in total. The smallest absolute Gasteiger partial charge is 0.261 e. The first-order chi connectivity index (χ1) is 12.4. The molecule has 2 unspecified atom stereocenters. The standard InChI is InChI=1S/C19H26N4O3/c1-12(14-5-4-6-16(24)10-14)9-18(25)20-21-19(26)17-8-7-15-11-23(17)13(2)22(15)3/h4-6,10,12,15,17,24H,2,7-9,11H2,1,3H3,(H,20,25)(H,21,26)/t12?,15?,17-/m0/s1. The topological polar surface area (TPSA) is 84.9 Å². The number of piperidine rings is 1. The van der Waals surface area contributed by atoms with Crippen LogP contribution in [0, 0.1) is 0 Å². The van der Waals surface area contributed by atoms with Crippen molar-refractivity contribution in [2.24, 2.45) is 0 Å². The lowest BCUT2D eigenvalue weighted by atomic mass is 9.97.